The topological polar surface area (TPSA) is 54.9 Å². The molecule has 1 heterocycles. The van der Waals surface area contributed by atoms with Crippen molar-refractivity contribution in [1.29, 1.82) is 0 Å². The fourth-order valence-electron chi connectivity index (χ4n) is 2.35. The molecule has 0 amide bonds. The Morgan fingerprint density at radius 1 is 1.19 bits per heavy atom. The van der Waals surface area contributed by atoms with Gasteiger partial charge in [0, 0.05) is 11.1 Å². The van der Waals surface area contributed by atoms with Crippen LogP contribution in [-0.4, -0.2) is 9.55 Å². The summed E-state index contributed by atoms with van der Waals surface area (Å²) in [5.74, 6) is 0. The van der Waals surface area contributed by atoms with Gasteiger partial charge >= 0.3 is 5.69 Å². The van der Waals surface area contributed by atoms with Crippen molar-refractivity contribution in [2.75, 3.05) is 0 Å². The first-order valence-corrected chi connectivity index (χ1v) is 7.26. The lowest BCUT2D eigenvalue weighted by Gasteiger charge is -2.27. The van der Waals surface area contributed by atoms with Gasteiger partial charge in [0.25, 0.3) is 5.56 Å². The van der Waals surface area contributed by atoms with E-state index in [-0.39, 0.29) is 10.7 Å². The normalized spacial score (nSPS) is 11.6. The molecule has 112 valence electrons. The standard InChI is InChI=1S/C16H19ClN2O2/c1-11-13(17)18-15(21)19(14(11)20)16(2,3)10-9-12-7-5-4-6-8-12/h4-8H,9-10H2,1-3H3,(H,18,21). The van der Waals surface area contributed by atoms with Crippen molar-refractivity contribution < 1.29 is 0 Å². The lowest BCUT2D eigenvalue weighted by Crippen LogP contribution is -2.47. The van der Waals surface area contributed by atoms with Crippen LogP contribution in [0.25, 0.3) is 0 Å². The van der Waals surface area contributed by atoms with Crippen molar-refractivity contribution in [2.45, 2.75) is 39.2 Å². The van der Waals surface area contributed by atoms with Crippen molar-refractivity contribution in [3.8, 4) is 0 Å². The van der Waals surface area contributed by atoms with Crippen LogP contribution < -0.4 is 11.2 Å². The molecule has 1 N–H and O–H groups in total. The highest BCUT2D eigenvalue weighted by atomic mass is 35.5. The molecule has 1 aromatic carbocycles. The summed E-state index contributed by atoms with van der Waals surface area (Å²) in [7, 11) is 0. The summed E-state index contributed by atoms with van der Waals surface area (Å²) >= 11 is 5.85. The van der Waals surface area contributed by atoms with Gasteiger partial charge in [-0.05, 0) is 39.2 Å². The number of H-pyrrole nitrogens is 1. The van der Waals surface area contributed by atoms with Crippen LogP contribution in [0.15, 0.2) is 39.9 Å². The van der Waals surface area contributed by atoms with E-state index in [4.69, 9.17) is 11.6 Å². The molecule has 0 aliphatic heterocycles. The zero-order valence-corrected chi connectivity index (χ0v) is 13.2. The molecule has 0 unspecified atom stereocenters. The molecule has 0 saturated heterocycles. The summed E-state index contributed by atoms with van der Waals surface area (Å²) in [5.41, 5.74) is 0.163. The second-order valence-electron chi connectivity index (χ2n) is 5.81. The number of benzene rings is 1. The van der Waals surface area contributed by atoms with Gasteiger partial charge in [0.1, 0.15) is 5.15 Å². The molecule has 2 rings (SSSR count). The molecule has 0 atom stereocenters. The molecule has 2 aromatic rings. The first-order chi connectivity index (χ1) is 9.83. The van der Waals surface area contributed by atoms with E-state index in [1.54, 1.807) is 6.92 Å². The molecule has 0 radical (unpaired) electrons. The summed E-state index contributed by atoms with van der Waals surface area (Å²) in [6.45, 7) is 5.39. The van der Waals surface area contributed by atoms with E-state index < -0.39 is 11.2 Å². The lowest BCUT2D eigenvalue weighted by atomic mass is 9.95. The number of aromatic amines is 1. The average molecular weight is 307 g/mol. The zero-order valence-electron chi connectivity index (χ0n) is 12.4. The third-order valence-corrected chi connectivity index (χ3v) is 4.12. The van der Waals surface area contributed by atoms with Crippen LogP contribution >= 0.6 is 11.6 Å². The van der Waals surface area contributed by atoms with Crippen molar-refractivity contribution in [2.24, 2.45) is 0 Å². The zero-order chi connectivity index (χ0) is 15.6. The van der Waals surface area contributed by atoms with Gasteiger partial charge < -0.3 is 0 Å². The molecule has 0 aliphatic carbocycles. The van der Waals surface area contributed by atoms with E-state index in [0.29, 0.717) is 12.0 Å². The Bertz CT molecular complexity index is 745. The van der Waals surface area contributed by atoms with Gasteiger partial charge in [-0.1, -0.05) is 41.9 Å². The molecule has 1 aromatic heterocycles. The number of aryl methyl sites for hydroxylation is 1. The maximum atomic E-state index is 12.3. The molecule has 0 fully saturated rings. The quantitative estimate of drug-likeness (QED) is 0.883. The molecule has 0 aliphatic rings. The SMILES string of the molecule is Cc1c(Cl)[nH]c(=O)n(C(C)(C)CCc2ccccc2)c1=O. The van der Waals surface area contributed by atoms with Gasteiger partial charge in [-0.2, -0.15) is 0 Å². The van der Waals surface area contributed by atoms with Crippen LogP contribution in [0.2, 0.25) is 5.15 Å². The molecule has 4 nitrogen and oxygen atoms in total. The fraction of sp³-hybridized carbons (Fsp3) is 0.375. The van der Waals surface area contributed by atoms with Crippen molar-refractivity contribution in [3.63, 3.8) is 0 Å². The van der Waals surface area contributed by atoms with E-state index in [0.717, 1.165) is 6.42 Å². The number of nitrogens with zero attached hydrogens (tertiary/aromatic N) is 1. The Kier molecular flexibility index (Phi) is 4.37. The number of hydrogen-bond acceptors (Lipinski definition) is 2. The molecule has 0 saturated carbocycles. The number of nitrogens with one attached hydrogen (secondary N) is 1. The van der Waals surface area contributed by atoms with Gasteiger partial charge in [-0.15, -0.1) is 0 Å². The third kappa shape index (κ3) is 3.27. The third-order valence-electron chi connectivity index (χ3n) is 3.75. The van der Waals surface area contributed by atoms with E-state index in [1.165, 1.54) is 10.1 Å². The largest absolute Gasteiger partial charge is 0.329 e. The monoisotopic (exact) mass is 306 g/mol. The highest BCUT2D eigenvalue weighted by Gasteiger charge is 2.25. The summed E-state index contributed by atoms with van der Waals surface area (Å²) in [4.78, 5) is 26.9. The number of hydrogen-bond donors (Lipinski definition) is 1. The van der Waals surface area contributed by atoms with Crippen LogP contribution in [0.4, 0.5) is 0 Å². The predicted octanol–water partition coefficient (Wildman–Crippen LogP) is 2.87. The average Bonchev–Trinajstić information content (AvgIpc) is 2.44. The van der Waals surface area contributed by atoms with Crippen molar-refractivity contribution in [3.05, 3.63) is 67.4 Å². The summed E-state index contributed by atoms with van der Waals surface area (Å²) in [6, 6.07) is 10.0. The Labute approximate surface area is 128 Å². The van der Waals surface area contributed by atoms with E-state index >= 15 is 0 Å². The van der Waals surface area contributed by atoms with Gasteiger partial charge in [0.15, 0.2) is 0 Å². The highest BCUT2D eigenvalue weighted by molar-refractivity contribution is 6.30. The van der Waals surface area contributed by atoms with E-state index in [9.17, 15) is 9.59 Å². The van der Waals surface area contributed by atoms with Gasteiger partial charge in [0.05, 0.1) is 0 Å². The number of aromatic nitrogens is 2. The van der Waals surface area contributed by atoms with Crippen molar-refractivity contribution >= 4 is 11.6 Å². The Balaban J connectivity index is 2.34. The Morgan fingerprint density at radius 3 is 2.43 bits per heavy atom. The first-order valence-electron chi connectivity index (χ1n) is 6.89. The smallest absolute Gasteiger partial charge is 0.297 e. The Hall–Kier alpha value is -1.81. The lowest BCUT2D eigenvalue weighted by molar-refractivity contribution is 0.304. The second-order valence-corrected chi connectivity index (χ2v) is 6.19. The van der Waals surface area contributed by atoms with E-state index in [1.807, 2.05) is 44.2 Å². The predicted molar refractivity (Wildman–Crippen MR) is 85.2 cm³/mol. The maximum Gasteiger partial charge on any atom is 0.329 e. The summed E-state index contributed by atoms with van der Waals surface area (Å²) in [6.07, 6.45) is 1.47. The Morgan fingerprint density at radius 2 is 1.81 bits per heavy atom. The fourth-order valence-corrected chi connectivity index (χ4v) is 2.52. The van der Waals surface area contributed by atoms with Gasteiger partial charge in [-0.25, -0.2) is 4.79 Å². The number of rotatable bonds is 4. The summed E-state index contributed by atoms with van der Waals surface area (Å²) in [5, 5.41) is 0.111. The molecular weight excluding hydrogens is 288 g/mol. The van der Waals surface area contributed by atoms with Gasteiger partial charge in [0.2, 0.25) is 0 Å². The van der Waals surface area contributed by atoms with Gasteiger partial charge in [-0.3, -0.25) is 14.3 Å². The van der Waals surface area contributed by atoms with Crippen LogP contribution in [0.1, 0.15) is 31.4 Å². The highest BCUT2D eigenvalue weighted by Crippen LogP contribution is 2.20. The molecule has 21 heavy (non-hydrogen) atoms. The maximum absolute atomic E-state index is 12.3. The van der Waals surface area contributed by atoms with Crippen LogP contribution in [-0.2, 0) is 12.0 Å². The minimum atomic E-state index is -0.587. The van der Waals surface area contributed by atoms with Crippen LogP contribution in [0, 0.1) is 6.92 Å². The minimum Gasteiger partial charge on any atom is -0.297 e. The van der Waals surface area contributed by atoms with E-state index in [2.05, 4.69) is 4.98 Å². The summed E-state index contributed by atoms with van der Waals surface area (Å²) < 4.78 is 1.26. The van der Waals surface area contributed by atoms with Crippen LogP contribution in [0.3, 0.4) is 0 Å². The van der Waals surface area contributed by atoms with Crippen LogP contribution in [0.5, 0.6) is 0 Å². The molecule has 0 bridgehead atoms. The van der Waals surface area contributed by atoms with Crippen molar-refractivity contribution in [1.82, 2.24) is 9.55 Å². The molecular formula is C16H19ClN2O2. The first kappa shape index (κ1) is 15.6. The number of halogens is 1. The molecule has 5 heteroatoms. The second kappa shape index (κ2) is 5.90. The molecule has 0 spiro atoms. The minimum absolute atomic E-state index is 0.111.